The van der Waals surface area contributed by atoms with E-state index in [1.54, 1.807) is 0 Å². The molecule has 2 saturated heterocycles. The van der Waals surface area contributed by atoms with Crippen LogP contribution in [0, 0.1) is 0 Å². The molecule has 32 heavy (non-hydrogen) atoms. The summed E-state index contributed by atoms with van der Waals surface area (Å²) in [4.78, 5) is 24.3. The van der Waals surface area contributed by atoms with E-state index in [0.717, 1.165) is 96.4 Å². The van der Waals surface area contributed by atoms with Gasteiger partial charge in [-0.1, -0.05) is 25.0 Å². The van der Waals surface area contributed by atoms with Gasteiger partial charge in [0, 0.05) is 58.8 Å². The summed E-state index contributed by atoms with van der Waals surface area (Å²) < 4.78 is 5.61. The molecule has 3 aliphatic heterocycles. The summed E-state index contributed by atoms with van der Waals surface area (Å²) in [5.74, 6) is 2.34. The van der Waals surface area contributed by atoms with E-state index in [9.17, 15) is 4.79 Å². The Labute approximate surface area is 192 Å². The Morgan fingerprint density at radius 3 is 2.56 bits per heavy atom. The summed E-state index contributed by atoms with van der Waals surface area (Å²) in [5.41, 5.74) is 2.65. The Kier molecular flexibility index (Phi) is 8.26. The number of hydrogen-bond acceptors (Lipinski definition) is 4. The van der Waals surface area contributed by atoms with Gasteiger partial charge in [0.25, 0.3) is 0 Å². The van der Waals surface area contributed by atoms with E-state index in [1.165, 1.54) is 24.0 Å². The fourth-order valence-corrected chi connectivity index (χ4v) is 4.84. The second-order valence-corrected chi connectivity index (χ2v) is 9.08. The van der Waals surface area contributed by atoms with E-state index in [4.69, 9.17) is 9.73 Å². The third-order valence-electron chi connectivity index (χ3n) is 6.74. The van der Waals surface area contributed by atoms with Gasteiger partial charge in [-0.15, -0.1) is 0 Å². The van der Waals surface area contributed by atoms with Gasteiger partial charge in [-0.3, -0.25) is 14.7 Å². The summed E-state index contributed by atoms with van der Waals surface area (Å²) in [5, 5.41) is 3.46. The maximum absolute atomic E-state index is 12.7. The average Bonchev–Trinajstić information content (AvgIpc) is 3.10. The third kappa shape index (κ3) is 6.15. The van der Waals surface area contributed by atoms with Crippen molar-refractivity contribution in [2.45, 2.75) is 45.4 Å². The lowest BCUT2D eigenvalue weighted by molar-refractivity contribution is -0.132. The number of amides is 1. The molecule has 0 aromatic heterocycles. The molecule has 4 rings (SSSR count). The van der Waals surface area contributed by atoms with Crippen molar-refractivity contribution in [3.63, 3.8) is 0 Å². The van der Waals surface area contributed by atoms with Crippen LogP contribution in [0.15, 0.2) is 23.2 Å². The number of carbonyl (C=O) groups excluding carboxylic acids is 1. The van der Waals surface area contributed by atoms with Crippen LogP contribution in [0.25, 0.3) is 0 Å². The highest BCUT2D eigenvalue weighted by atomic mass is 16.5. The van der Waals surface area contributed by atoms with E-state index < -0.39 is 0 Å². The average molecular weight is 442 g/mol. The predicted octanol–water partition coefficient (Wildman–Crippen LogP) is 2.15. The molecule has 7 heteroatoms. The zero-order chi connectivity index (χ0) is 22.2. The van der Waals surface area contributed by atoms with Gasteiger partial charge < -0.3 is 19.9 Å². The number of ether oxygens (including phenoxy) is 1. The molecular weight excluding hydrogens is 402 g/mol. The van der Waals surface area contributed by atoms with Crippen molar-refractivity contribution in [2.75, 3.05) is 65.5 Å². The molecule has 7 nitrogen and oxygen atoms in total. The number of rotatable bonds is 6. The summed E-state index contributed by atoms with van der Waals surface area (Å²) >= 11 is 0. The van der Waals surface area contributed by atoms with Gasteiger partial charge in [0.2, 0.25) is 5.91 Å². The van der Waals surface area contributed by atoms with Crippen LogP contribution in [0.4, 0.5) is 0 Å². The van der Waals surface area contributed by atoms with Crippen LogP contribution >= 0.6 is 0 Å². The molecule has 0 bridgehead atoms. The minimum Gasteiger partial charge on any atom is -0.493 e. The van der Waals surface area contributed by atoms with Crippen LogP contribution in [-0.4, -0.2) is 92.1 Å². The lowest BCUT2D eigenvalue weighted by Crippen LogP contribution is -2.54. The standard InChI is InChI=1S/C25H39N5O2/c1-2-26-25(27-11-9-21-7-8-23-22(19-21)10-18-32-23)30-16-14-28(15-17-30)20-24(31)29-12-5-3-4-6-13-29/h7-8,19H,2-6,9-18,20H2,1H3,(H,26,27). The van der Waals surface area contributed by atoms with Crippen molar-refractivity contribution in [1.29, 1.82) is 0 Å². The van der Waals surface area contributed by atoms with Crippen molar-refractivity contribution in [1.82, 2.24) is 20.0 Å². The highest BCUT2D eigenvalue weighted by molar-refractivity contribution is 5.80. The minimum atomic E-state index is 0.306. The number of guanidine groups is 1. The molecule has 0 atom stereocenters. The molecule has 1 aromatic rings. The molecule has 0 spiro atoms. The van der Waals surface area contributed by atoms with Gasteiger partial charge >= 0.3 is 0 Å². The molecule has 1 amide bonds. The molecular formula is C25H39N5O2. The molecule has 0 aliphatic carbocycles. The van der Waals surface area contributed by atoms with Crippen LogP contribution in [0.1, 0.15) is 43.7 Å². The van der Waals surface area contributed by atoms with Gasteiger partial charge in [-0.25, -0.2) is 0 Å². The molecule has 176 valence electrons. The number of nitrogens with zero attached hydrogens (tertiary/aromatic N) is 4. The predicted molar refractivity (Wildman–Crippen MR) is 128 cm³/mol. The summed E-state index contributed by atoms with van der Waals surface area (Å²) in [6, 6.07) is 6.52. The van der Waals surface area contributed by atoms with Crippen molar-refractivity contribution >= 4 is 11.9 Å². The number of fused-ring (bicyclic) bond motifs is 1. The van der Waals surface area contributed by atoms with Crippen LogP contribution in [0.2, 0.25) is 0 Å². The Balaban J connectivity index is 1.25. The number of likely N-dealkylation sites (tertiary alicyclic amines) is 1. The number of aliphatic imine (C=N–C) groups is 1. The van der Waals surface area contributed by atoms with E-state index in [1.807, 2.05) is 0 Å². The third-order valence-corrected chi connectivity index (χ3v) is 6.74. The molecule has 3 heterocycles. The Morgan fingerprint density at radius 2 is 1.81 bits per heavy atom. The van der Waals surface area contributed by atoms with Crippen molar-refractivity contribution in [3.8, 4) is 5.75 Å². The van der Waals surface area contributed by atoms with Crippen molar-refractivity contribution in [3.05, 3.63) is 29.3 Å². The molecule has 0 radical (unpaired) electrons. The van der Waals surface area contributed by atoms with E-state index in [2.05, 4.69) is 45.1 Å². The largest absolute Gasteiger partial charge is 0.493 e. The first-order valence-corrected chi connectivity index (χ1v) is 12.5. The second-order valence-electron chi connectivity index (χ2n) is 9.08. The van der Waals surface area contributed by atoms with Crippen LogP contribution in [-0.2, 0) is 17.6 Å². The van der Waals surface area contributed by atoms with Gasteiger partial charge in [-0.05, 0) is 43.4 Å². The second kappa shape index (κ2) is 11.5. The fraction of sp³-hybridized carbons (Fsp3) is 0.680. The number of hydrogen-bond donors (Lipinski definition) is 1. The molecule has 3 aliphatic rings. The lowest BCUT2D eigenvalue weighted by atomic mass is 10.1. The monoisotopic (exact) mass is 441 g/mol. The first-order valence-electron chi connectivity index (χ1n) is 12.5. The Bertz CT molecular complexity index is 781. The fourth-order valence-electron chi connectivity index (χ4n) is 4.84. The summed E-state index contributed by atoms with van der Waals surface area (Å²) in [6.07, 6.45) is 6.78. The van der Waals surface area contributed by atoms with Crippen LogP contribution < -0.4 is 10.1 Å². The number of nitrogens with one attached hydrogen (secondary N) is 1. The van der Waals surface area contributed by atoms with Crippen molar-refractivity contribution < 1.29 is 9.53 Å². The van der Waals surface area contributed by atoms with Crippen molar-refractivity contribution in [2.24, 2.45) is 4.99 Å². The zero-order valence-electron chi connectivity index (χ0n) is 19.7. The number of benzene rings is 1. The molecule has 1 aromatic carbocycles. The minimum absolute atomic E-state index is 0.306. The topological polar surface area (TPSA) is 60.4 Å². The van der Waals surface area contributed by atoms with Gasteiger partial charge in [0.15, 0.2) is 5.96 Å². The number of carbonyl (C=O) groups is 1. The molecule has 0 unspecified atom stereocenters. The molecule has 1 N–H and O–H groups in total. The van der Waals surface area contributed by atoms with E-state index in [-0.39, 0.29) is 0 Å². The maximum Gasteiger partial charge on any atom is 0.236 e. The molecule has 0 saturated carbocycles. The SMILES string of the molecule is CCNC(=NCCc1ccc2c(c1)CCO2)N1CCN(CC(=O)N2CCCCCC2)CC1. The Morgan fingerprint density at radius 1 is 1.03 bits per heavy atom. The quantitative estimate of drug-likeness (QED) is 0.542. The number of piperazine rings is 1. The highest BCUT2D eigenvalue weighted by Gasteiger charge is 2.23. The Hall–Kier alpha value is -2.28. The van der Waals surface area contributed by atoms with E-state index in [0.29, 0.717) is 12.5 Å². The highest BCUT2D eigenvalue weighted by Crippen LogP contribution is 2.26. The van der Waals surface area contributed by atoms with Crippen LogP contribution in [0.3, 0.4) is 0 Å². The van der Waals surface area contributed by atoms with Gasteiger partial charge in [0.1, 0.15) is 5.75 Å². The summed E-state index contributed by atoms with van der Waals surface area (Å²) in [6.45, 7) is 10.6. The summed E-state index contributed by atoms with van der Waals surface area (Å²) in [7, 11) is 0. The van der Waals surface area contributed by atoms with Gasteiger partial charge in [0.05, 0.1) is 13.2 Å². The normalized spacial score (nSPS) is 20.0. The maximum atomic E-state index is 12.7. The van der Waals surface area contributed by atoms with Gasteiger partial charge in [-0.2, -0.15) is 0 Å². The molecule has 2 fully saturated rings. The first-order chi connectivity index (χ1) is 15.7. The smallest absolute Gasteiger partial charge is 0.236 e. The van der Waals surface area contributed by atoms with E-state index >= 15 is 0 Å². The first kappa shape index (κ1) is 22.9. The van der Waals surface area contributed by atoms with Crippen LogP contribution in [0.5, 0.6) is 5.75 Å². The zero-order valence-corrected chi connectivity index (χ0v) is 19.7. The lowest BCUT2D eigenvalue weighted by Gasteiger charge is -2.37.